The molecule has 1 aromatic heterocycles. The van der Waals surface area contributed by atoms with Crippen LogP contribution < -0.4 is 16.0 Å². The summed E-state index contributed by atoms with van der Waals surface area (Å²) in [7, 11) is 1.63. The molecular weight excluding hydrogens is 344 g/mol. The lowest BCUT2D eigenvalue weighted by Crippen LogP contribution is -2.39. The molecule has 142 valence electrons. The molecule has 0 bridgehead atoms. The molecule has 1 unspecified atom stereocenters. The van der Waals surface area contributed by atoms with Crippen molar-refractivity contribution in [2.75, 3.05) is 7.11 Å². The number of nitrogens with two attached hydrogens (primary N) is 1. The van der Waals surface area contributed by atoms with E-state index in [1.165, 1.54) is 11.1 Å². The minimum absolute atomic E-state index is 0.365. The van der Waals surface area contributed by atoms with Gasteiger partial charge in [-0.1, -0.05) is 0 Å². The van der Waals surface area contributed by atoms with E-state index < -0.39 is 11.9 Å². The summed E-state index contributed by atoms with van der Waals surface area (Å²) in [6.45, 7) is 4.13. The molecule has 0 aliphatic heterocycles. The van der Waals surface area contributed by atoms with Crippen molar-refractivity contribution >= 4 is 16.9 Å². The standard InChI is InChI=1S/C20H24N4O3/c1-12-10-17-18(11-13(12)2)24(14-4-6-15(27-3)7-5-14)19(22-17)9-8-16(21)20(25)23-26/h4-7,10-11,16,26H,8-9,21H2,1-3H3,(H,23,25). The molecular formula is C20H24N4O3. The maximum atomic E-state index is 11.5. The SMILES string of the molecule is COc1ccc(-n2c(CCC(N)C(=O)NO)nc3cc(C)c(C)cc32)cc1. The molecule has 0 saturated carbocycles. The second-order valence-corrected chi connectivity index (χ2v) is 6.61. The quantitative estimate of drug-likeness (QED) is 0.458. The molecule has 0 spiro atoms. The van der Waals surface area contributed by atoms with Crippen LogP contribution in [-0.2, 0) is 11.2 Å². The van der Waals surface area contributed by atoms with Gasteiger partial charge in [-0.3, -0.25) is 14.6 Å². The van der Waals surface area contributed by atoms with E-state index in [9.17, 15) is 4.79 Å². The molecule has 0 radical (unpaired) electrons. The zero-order valence-corrected chi connectivity index (χ0v) is 15.7. The number of nitrogens with one attached hydrogen (secondary N) is 1. The number of aryl methyl sites for hydroxylation is 3. The summed E-state index contributed by atoms with van der Waals surface area (Å²) in [5.41, 5.74) is 12.6. The fourth-order valence-corrected chi connectivity index (χ4v) is 3.07. The number of carbonyl (C=O) groups excluding carboxylic acids is 1. The van der Waals surface area contributed by atoms with Crippen LogP contribution in [0.4, 0.5) is 0 Å². The first-order valence-corrected chi connectivity index (χ1v) is 8.77. The van der Waals surface area contributed by atoms with Crippen molar-refractivity contribution in [1.29, 1.82) is 0 Å². The molecule has 27 heavy (non-hydrogen) atoms. The molecule has 4 N–H and O–H groups in total. The summed E-state index contributed by atoms with van der Waals surface area (Å²) in [4.78, 5) is 16.3. The van der Waals surface area contributed by atoms with Crippen molar-refractivity contribution < 1.29 is 14.7 Å². The number of aromatic nitrogens is 2. The van der Waals surface area contributed by atoms with Crippen molar-refractivity contribution in [3.05, 3.63) is 53.3 Å². The predicted octanol–water partition coefficient (Wildman–Crippen LogP) is 2.42. The Labute approximate surface area is 157 Å². The van der Waals surface area contributed by atoms with Gasteiger partial charge in [0.25, 0.3) is 5.91 Å². The molecule has 7 nitrogen and oxygen atoms in total. The third-order valence-corrected chi connectivity index (χ3v) is 4.80. The number of benzene rings is 2. The van der Waals surface area contributed by atoms with E-state index in [4.69, 9.17) is 20.7 Å². The molecule has 2 aromatic carbocycles. The zero-order valence-electron chi connectivity index (χ0n) is 15.7. The molecule has 3 rings (SSSR count). The molecule has 3 aromatic rings. The van der Waals surface area contributed by atoms with E-state index in [1.54, 1.807) is 12.6 Å². The van der Waals surface area contributed by atoms with E-state index in [1.807, 2.05) is 24.3 Å². The van der Waals surface area contributed by atoms with E-state index in [-0.39, 0.29) is 0 Å². The number of imidazole rings is 1. The number of hydroxylamine groups is 1. The first-order valence-electron chi connectivity index (χ1n) is 8.77. The third-order valence-electron chi connectivity index (χ3n) is 4.80. The number of amides is 1. The number of carbonyl (C=O) groups is 1. The Hall–Kier alpha value is -2.90. The number of hydrogen-bond donors (Lipinski definition) is 3. The van der Waals surface area contributed by atoms with Gasteiger partial charge >= 0.3 is 0 Å². The number of rotatable bonds is 6. The first-order chi connectivity index (χ1) is 12.9. The van der Waals surface area contributed by atoms with Gasteiger partial charge in [0.1, 0.15) is 11.6 Å². The number of fused-ring (bicyclic) bond motifs is 1. The summed E-state index contributed by atoms with van der Waals surface area (Å²) in [6.07, 6.45) is 0.858. The van der Waals surface area contributed by atoms with Crippen molar-refractivity contribution in [2.24, 2.45) is 5.73 Å². The van der Waals surface area contributed by atoms with Crippen LogP contribution in [0.3, 0.4) is 0 Å². The number of ether oxygens (including phenoxy) is 1. The van der Waals surface area contributed by atoms with Crippen LogP contribution >= 0.6 is 0 Å². The van der Waals surface area contributed by atoms with Gasteiger partial charge < -0.3 is 10.5 Å². The van der Waals surface area contributed by atoms with Gasteiger partial charge in [-0.05, 0) is 67.8 Å². The number of nitrogens with zero attached hydrogens (tertiary/aromatic N) is 2. The van der Waals surface area contributed by atoms with Crippen LogP contribution in [0.15, 0.2) is 36.4 Å². The highest BCUT2D eigenvalue weighted by molar-refractivity contribution is 5.81. The summed E-state index contributed by atoms with van der Waals surface area (Å²) in [5, 5.41) is 8.75. The molecule has 0 aliphatic rings. The van der Waals surface area contributed by atoms with Crippen LogP contribution in [0.1, 0.15) is 23.4 Å². The molecule has 1 atom stereocenters. The largest absolute Gasteiger partial charge is 0.497 e. The highest BCUT2D eigenvalue weighted by atomic mass is 16.5. The second-order valence-electron chi connectivity index (χ2n) is 6.61. The molecule has 1 amide bonds. The van der Waals surface area contributed by atoms with Gasteiger partial charge in [-0.15, -0.1) is 0 Å². The van der Waals surface area contributed by atoms with Gasteiger partial charge in [-0.25, -0.2) is 10.5 Å². The highest BCUT2D eigenvalue weighted by Gasteiger charge is 2.17. The Kier molecular flexibility index (Phi) is 5.43. The number of hydrogen-bond acceptors (Lipinski definition) is 5. The van der Waals surface area contributed by atoms with E-state index >= 15 is 0 Å². The highest BCUT2D eigenvalue weighted by Crippen LogP contribution is 2.26. The third kappa shape index (κ3) is 3.79. The first kappa shape index (κ1) is 18.9. The molecule has 7 heteroatoms. The van der Waals surface area contributed by atoms with E-state index in [0.717, 1.165) is 28.3 Å². The molecule has 0 fully saturated rings. The van der Waals surface area contributed by atoms with Crippen LogP contribution in [0.5, 0.6) is 5.75 Å². The smallest absolute Gasteiger partial charge is 0.260 e. The van der Waals surface area contributed by atoms with Gasteiger partial charge in [-0.2, -0.15) is 0 Å². The summed E-state index contributed by atoms with van der Waals surface area (Å²) < 4.78 is 7.32. The Morgan fingerprint density at radius 3 is 2.56 bits per heavy atom. The fraction of sp³-hybridized carbons (Fsp3) is 0.300. The lowest BCUT2D eigenvalue weighted by molar-refractivity contribution is -0.130. The Morgan fingerprint density at radius 1 is 1.26 bits per heavy atom. The minimum Gasteiger partial charge on any atom is -0.497 e. The van der Waals surface area contributed by atoms with Crippen molar-refractivity contribution in [3.8, 4) is 11.4 Å². The monoisotopic (exact) mass is 368 g/mol. The molecule has 1 heterocycles. The maximum Gasteiger partial charge on any atom is 0.260 e. The topological polar surface area (TPSA) is 102 Å². The maximum absolute atomic E-state index is 11.5. The Morgan fingerprint density at radius 2 is 1.93 bits per heavy atom. The zero-order chi connectivity index (χ0) is 19.6. The van der Waals surface area contributed by atoms with Crippen molar-refractivity contribution in [3.63, 3.8) is 0 Å². The fourth-order valence-electron chi connectivity index (χ4n) is 3.07. The Bertz CT molecular complexity index is 964. The summed E-state index contributed by atoms with van der Waals surface area (Å²) in [6, 6.07) is 11.1. The van der Waals surface area contributed by atoms with Crippen LogP contribution in [0, 0.1) is 13.8 Å². The van der Waals surface area contributed by atoms with E-state index in [0.29, 0.717) is 12.8 Å². The van der Waals surface area contributed by atoms with Gasteiger partial charge in [0.2, 0.25) is 0 Å². The average Bonchev–Trinajstić information content (AvgIpc) is 3.02. The van der Waals surface area contributed by atoms with E-state index in [2.05, 4.69) is 30.5 Å². The average molecular weight is 368 g/mol. The summed E-state index contributed by atoms with van der Waals surface area (Å²) >= 11 is 0. The number of methoxy groups -OCH3 is 1. The molecule has 0 aliphatic carbocycles. The molecule has 0 saturated heterocycles. The van der Waals surface area contributed by atoms with Gasteiger partial charge in [0.05, 0.1) is 24.2 Å². The van der Waals surface area contributed by atoms with Gasteiger partial charge in [0, 0.05) is 12.1 Å². The minimum atomic E-state index is -0.803. The lowest BCUT2D eigenvalue weighted by Gasteiger charge is -2.12. The second kappa shape index (κ2) is 7.77. The van der Waals surface area contributed by atoms with Crippen LogP contribution in [0.25, 0.3) is 16.7 Å². The summed E-state index contributed by atoms with van der Waals surface area (Å²) in [5.74, 6) is 0.980. The Balaban J connectivity index is 2.06. The van der Waals surface area contributed by atoms with Crippen molar-refractivity contribution in [1.82, 2.24) is 15.0 Å². The van der Waals surface area contributed by atoms with Crippen molar-refractivity contribution in [2.45, 2.75) is 32.7 Å². The van der Waals surface area contributed by atoms with Gasteiger partial charge in [0.15, 0.2) is 0 Å². The normalized spacial score (nSPS) is 12.2. The lowest BCUT2D eigenvalue weighted by atomic mass is 10.1. The van der Waals surface area contributed by atoms with Crippen LogP contribution in [0.2, 0.25) is 0 Å². The van der Waals surface area contributed by atoms with Crippen LogP contribution in [-0.4, -0.2) is 33.8 Å². The predicted molar refractivity (Wildman–Crippen MR) is 103 cm³/mol.